The number of hydrogen-bond donors (Lipinski definition) is 0. The van der Waals surface area contributed by atoms with E-state index in [2.05, 4.69) is 31.2 Å². The van der Waals surface area contributed by atoms with E-state index in [-0.39, 0.29) is 5.65 Å². The van der Waals surface area contributed by atoms with Gasteiger partial charge in [-0.15, -0.1) is 15.3 Å². The van der Waals surface area contributed by atoms with Crippen LogP contribution in [0.3, 0.4) is 0 Å². The summed E-state index contributed by atoms with van der Waals surface area (Å²) >= 11 is 0. The molecular formula is C17H18F3N7. The lowest BCUT2D eigenvalue weighted by Crippen LogP contribution is -2.46. The first-order valence-electron chi connectivity index (χ1n) is 8.59. The van der Waals surface area contributed by atoms with E-state index in [1.165, 1.54) is 11.6 Å². The van der Waals surface area contributed by atoms with Crippen molar-refractivity contribution in [2.24, 2.45) is 0 Å². The summed E-state index contributed by atoms with van der Waals surface area (Å²) in [5.74, 6) is -0.613. The maximum atomic E-state index is 13.0. The van der Waals surface area contributed by atoms with Crippen LogP contribution >= 0.6 is 0 Å². The van der Waals surface area contributed by atoms with Crippen molar-refractivity contribution in [3.63, 3.8) is 0 Å². The van der Waals surface area contributed by atoms with Crippen LogP contribution in [0.2, 0.25) is 0 Å². The number of aromatic nitrogens is 5. The van der Waals surface area contributed by atoms with Gasteiger partial charge in [0.1, 0.15) is 5.82 Å². The lowest BCUT2D eigenvalue weighted by Gasteiger charge is -2.35. The third kappa shape index (κ3) is 3.70. The SMILES string of the molecule is Cc1cc(CN2CCN(c3ccc4nnc(C(F)(F)F)n4n3)CC2)ccn1. The first-order valence-corrected chi connectivity index (χ1v) is 8.59. The molecule has 0 aliphatic carbocycles. The van der Waals surface area contributed by atoms with Crippen LogP contribution in [-0.2, 0) is 12.7 Å². The van der Waals surface area contributed by atoms with Gasteiger partial charge in [-0.05, 0) is 36.8 Å². The van der Waals surface area contributed by atoms with E-state index in [1.807, 2.05) is 17.9 Å². The van der Waals surface area contributed by atoms with E-state index in [9.17, 15) is 13.2 Å². The molecule has 0 saturated carbocycles. The van der Waals surface area contributed by atoms with Crippen molar-refractivity contribution in [2.75, 3.05) is 31.1 Å². The van der Waals surface area contributed by atoms with Gasteiger partial charge < -0.3 is 4.90 Å². The second-order valence-corrected chi connectivity index (χ2v) is 6.55. The zero-order valence-electron chi connectivity index (χ0n) is 14.7. The fourth-order valence-corrected chi connectivity index (χ4v) is 3.22. The Labute approximate surface area is 153 Å². The average Bonchev–Trinajstić information content (AvgIpc) is 3.06. The molecular weight excluding hydrogens is 359 g/mol. The van der Waals surface area contributed by atoms with Crippen LogP contribution < -0.4 is 4.90 Å². The number of alkyl halides is 3. The minimum atomic E-state index is -4.59. The molecule has 0 N–H and O–H groups in total. The molecule has 0 spiro atoms. The van der Waals surface area contributed by atoms with E-state index in [0.717, 1.165) is 29.8 Å². The number of anilines is 1. The van der Waals surface area contributed by atoms with Crippen LogP contribution in [0.1, 0.15) is 17.1 Å². The highest BCUT2D eigenvalue weighted by Gasteiger charge is 2.37. The van der Waals surface area contributed by atoms with Crippen LogP contribution in [0, 0.1) is 6.92 Å². The van der Waals surface area contributed by atoms with Crippen LogP contribution in [0.4, 0.5) is 19.0 Å². The van der Waals surface area contributed by atoms with Crippen LogP contribution in [0.15, 0.2) is 30.5 Å². The normalized spacial score (nSPS) is 16.2. The van der Waals surface area contributed by atoms with Crippen molar-refractivity contribution in [2.45, 2.75) is 19.6 Å². The van der Waals surface area contributed by atoms with Crippen molar-refractivity contribution in [3.05, 3.63) is 47.5 Å². The molecule has 1 fully saturated rings. The van der Waals surface area contributed by atoms with E-state index in [1.54, 1.807) is 12.3 Å². The van der Waals surface area contributed by atoms with Crippen LogP contribution in [-0.4, -0.2) is 55.9 Å². The fraction of sp³-hybridized carbons (Fsp3) is 0.412. The van der Waals surface area contributed by atoms with Crippen molar-refractivity contribution in [1.82, 2.24) is 29.7 Å². The summed E-state index contributed by atoms with van der Waals surface area (Å²) in [7, 11) is 0. The number of nitrogens with zero attached hydrogens (tertiary/aromatic N) is 7. The van der Waals surface area contributed by atoms with E-state index in [4.69, 9.17) is 0 Å². The lowest BCUT2D eigenvalue weighted by molar-refractivity contribution is -0.146. The first kappa shape index (κ1) is 17.7. The predicted molar refractivity (Wildman–Crippen MR) is 92.2 cm³/mol. The third-order valence-electron chi connectivity index (χ3n) is 4.57. The van der Waals surface area contributed by atoms with Crippen molar-refractivity contribution in [3.8, 4) is 0 Å². The standard InChI is InChI=1S/C17H18F3N7/c1-12-10-13(4-5-21-12)11-25-6-8-26(9-7-25)15-3-2-14-22-23-16(17(18,19)20)27(14)24-15/h2-5,10H,6-9,11H2,1H3. The highest BCUT2D eigenvalue weighted by atomic mass is 19.4. The van der Waals surface area contributed by atoms with Gasteiger partial charge in [-0.3, -0.25) is 9.88 Å². The Hall–Kier alpha value is -2.75. The molecule has 3 aromatic heterocycles. The minimum absolute atomic E-state index is 0.0813. The van der Waals surface area contributed by atoms with Crippen molar-refractivity contribution < 1.29 is 13.2 Å². The Morgan fingerprint density at radius 1 is 1.04 bits per heavy atom. The summed E-state index contributed by atoms with van der Waals surface area (Å²) in [6.07, 6.45) is -2.79. The highest BCUT2D eigenvalue weighted by molar-refractivity contribution is 5.46. The summed E-state index contributed by atoms with van der Waals surface area (Å²) in [4.78, 5) is 8.49. The van der Waals surface area contributed by atoms with Gasteiger partial charge in [0.15, 0.2) is 5.65 Å². The summed E-state index contributed by atoms with van der Waals surface area (Å²) < 4.78 is 39.8. The number of fused-ring (bicyclic) bond motifs is 1. The van der Waals surface area contributed by atoms with Crippen LogP contribution in [0.5, 0.6) is 0 Å². The zero-order valence-corrected chi connectivity index (χ0v) is 14.7. The Bertz CT molecular complexity index is 945. The van der Waals surface area contributed by atoms with E-state index in [0.29, 0.717) is 18.9 Å². The first-order chi connectivity index (χ1) is 12.9. The minimum Gasteiger partial charge on any atom is -0.353 e. The lowest BCUT2D eigenvalue weighted by atomic mass is 10.2. The third-order valence-corrected chi connectivity index (χ3v) is 4.57. The molecule has 0 atom stereocenters. The molecule has 7 nitrogen and oxygen atoms in total. The van der Waals surface area contributed by atoms with Gasteiger partial charge in [-0.2, -0.15) is 17.7 Å². The van der Waals surface area contributed by atoms with Gasteiger partial charge in [0.2, 0.25) is 0 Å². The second-order valence-electron chi connectivity index (χ2n) is 6.55. The van der Waals surface area contributed by atoms with E-state index < -0.39 is 12.0 Å². The number of aryl methyl sites for hydroxylation is 1. The zero-order chi connectivity index (χ0) is 19.0. The van der Waals surface area contributed by atoms with Gasteiger partial charge in [0.25, 0.3) is 5.82 Å². The molecule has 1 aliphatic rings. The predicted octanol–water partition coefficient (Wildman–Crippen LogP) is 2.17. The summed E-state index contributed by atoms with van der Waals surface area (Å²) in [6, 6.07) is 7.26. The van der Waals surface area contributed by atoms with E-state index >= 15 is 0 Å². The molecule has 142 valence electrons. The number of rotatable bonds is 3. The Balaban J connectivity index is 1.46. The van der Waals surface area contributed by atoms with Gasteiger partial charge >= 0.3 is 6.18 Å². The molecule has 3 aromatic rings. The maximum absolute atomic E-state index is 13.0. The molecule has 4 rings (SSSR count). The highest BCUT2D eigenvalue weighted by Crippen LogP contribution is 2.28. The molecule has 0 radical (unpaired) electrons. The molecule has 27 heavy (non-hydrogen) atoms. The largest absolute Gasteiger partial charge is 0.453 e. The van der Waals surface area contributed by atoms with Gasteiger partial charge in [0, 0.05) is 44.6 Å². The Morgan fingerprint density at radius 3 is 2.52 bits per heavy atom. The quantitative estimate of drug-likeness (QED) is 0.697. The topological polar surface area (TPSA) is 62.5 Å². The molecule has 1 aliphatic heterocycles. The fourth-order valence-electron chi connectivity index (χ4n) is 3.22. The van der Waals surface area contributed by atoms with Crippen LogP contribution in [0.25, 0.3) is 5.65 Å². The molecule has 1 saturated heterocycles. The van der Waals surface area contributed by atoms with Crippen molar-refractivity contribution >= 4 is 11.5 Å². The van der Waals surface area contributed by atoms with Gasteiger partial charge in [0.05, 0.1) is 0 Å². The molecule has 0 bridgehead atoms. The smallest absolute Gasteiger partial charge is 0.353 e. The Kier molecular flexibility index (Phi) is 4.42. The Morgan fingerprint density at radius 2 is 1.81 bits per heavy atom. The molecule has 10 heteroatoms. The monoisotopic (exact) mass is 377 g/mol. The molecule has 4 heterocycles. The van der Waals surface area contributed by atoms with Gasteiger partial charge in [-0.25, -0.2) is 0 Å². The molecule has 0 amide bonds. The summed E-state index contributed by atoms with van der Waals surface area (Å²) in [6.45, 7) is 5.76. The van der Waals surface area contributed by atoms with Crippen molar-refractivity contribution in [1.29, 1.82) is 0 Å². The number of pyridine rings is 1. The summed E-state index contributed by atoms with van der Waals surface area (Å²) in [5, 5.41) is 10.9. The molecule has 0 aromatic carbocycles. The maximum Gasteiger partial charge on any atom is 0.453 e. The summed E-state index contributed by atoms with van der Waals surface area (Å²) in [5.41, 5.74) is 2.27. The number of piperazine rings is 1. The average molecular weight is 377 g/mol. The number of hydrogen-bond acceptors (Lipinski definition) is 6. The molecule has 0 unspecified atom stereocenters. The van der Waals surface area contributed by atoms with Gasteiger partial charge in [-0.1, -0.05) is 0 Å². The number of halogens is 3. The second kappa shape index (κ2) is 6.76.